The lowest BCUT2D eigenvalue weighted by Gasteiger charge is -2.33. The smallest absolute Gasteiger partial charge is 0.433 e. The third-order valence-corrected chi connectivity index (χ3v) is 5.74. The van der Waals surface area contributed by atoms with E-state index in [-0.39, 0.29) is 23.5 Å². The van der Waals surface area contributed by atoms with E-state index in [0.717, 1.165) is 12.1 Å². The van der Waals surface area contributed by atoms with Gasteiger partial charge in [0.25, 0.3) is 0 Å². The van der Waals surface area contributed by atoms with Crippen molar-refractivity contribution in [3.8, 4) is 5.88 Å². The van der Waals surface area contributed by atoms with E-state index < -0.39 is 29.9 Å². The van der Waals surface area contributed by atoms with Crippen molar-refractivity contribution in [3.05, 3.63) is 41.3 Å². The van der Waals surface area contributed by atoms with E-state index >= 15 is 0 Å². The number of halogens is 3. The molecule has 0 saturated carbocycles. The van der Waals surface area contributed by atoms with Crippen LogP contribution < -0.4 is 4.74 Å². The van der Waals surface area contributed by atoms with Crippen LogP contribution in [0.15, 0.2) is 29.6 Å². The second kappa shape index (κ2) is 10.8. The number of Topliss-reactive ketones (excluding diaryl/α,β-unsaturated/α-hetero) is 1. The van der Waals surface area contributed by atoms with Crippen LogP contribution in [0.25, 0.3) is 0 Å². The molecule has 3 heterocycles. The molecule has 12 heteroatoms. The first-order valence-electron chi connectivity index (χ1n) is 11.0. The Labute approximate surface area is 205 Å². The number of hydrogen-bond acceptors (Lipinski definition) is 8. The summed E-state index contributed by atoms with van der Waals surface area (Å²) in [5, 5.41) is 0.492. The van der Waals surface area contributed by atoms with Gasteiger partial charge in [0.2, 0.25) is 11.7 Å². The first-order valence-corrected chi connectivity index (χ1v) is 12.2. The van der Waals surface area contributed by atoms with E-state index in [2.05, 4.69) is 15.0 Å². The number of amides is 1. The van der Waals surface area contributed by atoms with Crippen LogP contribution in [0.5, 0.6) is 5.88 Å². The quantitative estimate of drug-likeness (QED) is 0.304. The predicted octanol–water partition coefficient (Wildman–Crippen LogP) is 4.99. The molecule has 0 aliphatic carbocycles. The van der Waals surface area contributed by atoms with Crippen molar-refractivity contribution in [1.29, 1.82) is 0 Å². The zero-order valence-electron chi connectivity index (χ0n) is 19.9. The van der Waals surface area contributed by atoms with Gasteiger partial charge in [-0.1, -0.05) is 17.8 Å². The van der Waals surface area contributed by atoms with Crippen LogP contribution in [0.1, 0.15) is 61.3 Å². The lowest BCUT2D eigenvalue weighted by Crippen LogP contribution is -2.41. The molecule has 0 spiro atoms. The lowest BCUT2D eigenvalue weighted by atomic mass is 9.90. The van der Waals surface area contributed by atoms with Gasteiger partial charge in [-0.2, -0.15) is 13.2 Å². The molecule has 0 atom stereocenters. The minimum atomic E-state index is -4.62. The molecule has 1 aliphatic rings. The van der Waals surface area contributed by atoms with Gasteiger partial charge in [0.05, 0.1) is 11.3 Å². The largest absolute Gasteiger partial charge is 0.469 e. The van der Waals surface area contributed by atoms with Crippen molar-refractivity contribution < 1.29 is 32.2 Å². The molecule has 2 aromatic rings. The highest BCUT2D eigenvalue weighted by atomic mass is 32.2. The Hall–Kier alpha value is -2.89. The van der Waals surface area contributed by atoms with E-state index in [1.807, 2.05) is 6.26 Å². The lowest BCUT2D eigenvalue weighted by molar-refractivity contribution is -0.141. The summed E-state index contributed by atoms with van der Waals surface area (Å²) in [6, 6.07) is 3.24. The summed E-state index contributed by atoms with van der Waals surface area (Å²) < 4.78 is 49.3. The van der Waals surface area contributed by atoms with Crippen molar-refractivity contribution in [2.45, 2.75) is 56.5 Å². The van der Waals surface area contributed by atoms with Crippen molar-refractivity contribution in [1.82, 2.24) is 19.9 Å². The maximum absolute atomic E-state index is 12.9. The van der Waals surface area contributed by atoms with E-state index in [0.29, 0.717) is 36.8 Å². The number of rotatable bonds is 6. The van der Waals surface area contributed by atoms with Crippen LogP contribution in [0.3, 0.4) is 0 Å². The Morgan fingerprint density at radius 1 is 1.14 bits per heavy atom. The van der Waals surface area contributed by atoms with Crippen LogP contribution >= 0.6 is 11.8 Å². The van der Waals surface area contributed by atoms with Crippen LogP contribution in [-0.4, -0.2) is 63.3 Å². The highest BCUT2D eigenvalue weighted by molar-refractivity contribution is 7.98. The van der Waals surface area contributed by atoms with E-state index in [1.165, 1.54) is 24.0 Å². The van der Waals surface area contributed by atoms with Crippen LogP contribution in [0, 0.1) is 0 Å². The third kappa shape index (κ3) is 7.30. The minimum absolute atomic E-state index is 0.104. The van der Waals surface area contributed by atoms with Gasteiger partial charge in [-0.15, -0.1) is 0 Å². The average molecular weight is 513 g/mol. The van der Waals surface area contributed by atoms with E-state index in [9.17, 15) is 22.8 Å². The van der Waals surface area contributed by atoms with Crippen molar-refractivity contribution in [2.24, 2.45) is 0 Å². The number of aromatic nitrogens is 3. The molecule has 0 N–H and O–H groups in total. The maximum Gasteiger partial charge on any atom is 0.433 e. The summed E-state index contributed by atoms with van der Waals surface area (Å²) in [6.45, 7) is 5.78. The molecule has 1 saturated heterocycles. The predicted molar refractivity (Wildman–Crippen MR) is 123 cm³/mol. The zero-order valence-corrected chi connectivity index (χ0v) is 20.7. The van der Waals surface area contributed by atoms with Gasteiger partial charge >= 0.3 is 12.3 Å². The van der Waals surface area contributed by atoms with Gasteiger partial charge in [-0.3, -0.25) is 4.79 Å². The Bertz CT molecular complexity index is 1070. The normalized spacial score (nSPS) is 15.1. The molecule has 1 amide bonds. The van der Waals surface area contributed by atoms with Gasteiger partial charge in [0.1, 0.15) is 11.3 Å². The molecule has 0 bridgehead atoms. The number of carbonyl (C=O) groups excluding carboxylic acids is 2. The van der Waals surface area contributed by atoms with Gasteiger partial charge in [0, 0.05) is 31.3 Å². The number of alkyl halides is 3. The molecule has 35 heavy (non-hydrogen) atoms. The first-order chi connectivity index (χ1) is 16.4. The third-order valence-electron chi connectivity index (χ3n) is 5.18. The molecule has 0 unspecified atom stereocenters. The number of piperidine rings is 1. The molecule has 1 fully saturated rings. The summed E-state index contributed by atoms with van der Waals surface area (Å²) in [6.07, 6.45) is -0.636. The minimum Gasteiger partial charge on any atom is -0.469 e. The number of ketones is 1. The number of thioether (sulfide) groups is 1. The van der Waals surface area contributed by atoms with Crippen molar-refractivity contribution in [3.63, 3.8) is 0 Å². The topological polar surface area (TPSA) is 94.5 Å². The fourth-order valence-corrected chi connectivity index (χ4v) is 3.88. The number of hydrogen-bond donors (Lipinski definition) is 0. The summed E-state index contributed by atoms with van der Waals surface area (Å²) in [5.41, 5.74) is -0.918. The number of likely N-dealkylation sites (tertiary alicyclic amines) is 1. The maximum atomic E-state index is 12.9. The van der Waals surface area contributed by atoms with Crippen LogP contribution in [0.4, 0.5) is 18.0 Å². The van der Waals surface area contributed by atoms with Gasteiger partial charge < -0.3 is 14.4 Å². The molecular formula is C23H27F3N4O4S. The monoisotopic (exact) mass is 512 g/mol. The summed E-state index contributed by atoms with van der Waals surface area (Å²) in [7, 11) is 0. The molecular weight excluding hydrogens is 485 g/mol. The van der Waals surface area contributed by atoms with Gasteiger partial charge in [-0.05, 0) is 45.9 Å². The Kier molecular flexibility index (Phi) is 8.24. The second-order valence-electron chi connectivity index (χ2n) is 8.97. The molecule has 1 aliphatic heterocycles. The number of ether oxygens (including phenoxy) is 2. The van der Waals surface area contributed by atoms with Crippen LogP contribution in [-0.2, 0) is 10.9 Å². The molecule has 0 aromatic carbocycles. The molecule has 2 aromatic heterocycles. The summed E-state index contributed by atoms with van der Waals surface area (Å²) >= 11 is 1.33. The molecule has 3 rings (SSSR count). The Morgan fingerprint density at radius 2 is 1.83 bits per heavy atom. The molecule has 8 nitrogen and oxygen atoms in total. The summed E-state index contributed by atoms with van der Waals surface area (Å²) in [5.74, 6) is -0.878. The van der Waals surface area contributed by atoms with E-state index in [1.54, 1.807) is 25.7 Å². The second-order valence-corrected chi connectivity index (χ2v) is 9.74. The van der Waals surface area contributed by atoms with Crippen LogP contribution in [0.2, 0.25) is 0 Å². The first kappa shape index (κ1) is 26.7. The zero-order chi connectivity index (χ0) is 25.8. The fourth-order valence-electron chi connectivity index (χ4n) is 3.53. The summed E-state index contributed by atoms with van der Waals surface area (Å²) in [4.78, 5) is 39.1. The average Bonchev–Trinajstić information content (AvgIpc) is 2.81. The SMILES string of the molecule is CSc1ncc(C(=O)COc2cccc(C(F)(F)F)n2)c(C2CCN(C(=O)OC(C)(C)C)CC2)n1. The standard InChI is InChI=1S/C23H27F3N4O4S/c1-22(2,3)34-21(32)30-10-8-14(9-11-30)19-15(12-27-20(29-19)35-4)16(31)13-33-18-7-5-6-17(28-18)23(24,25)26/h5-7,12,14H,8-11,13H2,1-4H3. The van der Waals surface area contributed by atoms with Gasteiger partial charge in [0.15, 0.2) is 11.8 Å². The Morgan fingerprint density at radius 3 is 2.43 bits per heavy atom. The van der Waals surface area contributed by atoms with E-state index in [4.69, 9.17) is 9.47 Å². The Balaban J connectivity index is 1.72. The molecule has 0 radical (unpaired) electrons. The molecule has 190 valence electrons. The highest BCUT2D eigenvalue weighted by Gasteiger charge is 2.33. The highest BCUT2D eigenvalue weighted by Crippen LogP contribution is 2.31. The number of pyridine rings is 1. The number of carbonyl (C=O) groups is 2. The van der Waals surface area contributed by atoms with Crippen molar-refractivity contribution >= 4 is 23.6 Å². The van der Waals surface area contributed by atoms with Gasteiger partial charge in [-0.25, -0.2) is 19.7 Å². The number of nitrogens with zero attached hydrogens (tertiary/aromatic N) is 4. The van der Waals surface area contributed by atoms with Crippen molar-refractivity contribution in [2.75, 3.05) is 26.0 Å². The fraction of sp³-hybridized carbons (Fsp3) is 0.522.